The van der Waals surface area contributed by atoms with Crippen LogP contribution in [0.5, 0.6) is 5.75 Å². The van der Waals surface area contributed by atoms with E-state index in [1.165, 1.54) is 24.3 Å². The van der Waals surface area contributed by atoms with Gasteiger partial charge in [0.15, 0.2) is 5.75 Å². The Kier molecular flexibility index (Phi) is 7.66. The Morgan fingerprint density at radius 2 is 1.94 bits per heavy atom. The van der Waals surface area contributed by atoms with Crippen LogP contribution in [0.15, 0.2) is 47.4 Å². The Bertz CT molecular complexity index is 1060. The van der Waals surface area contributed by atoms with Crippen LogP contribution in [0.2, 0.25) is 5.02 Å². The maximum Gasteiger partial charge on any atom is 0.262 e. The molecule has 0 aromatic heterocycles. The molecule has 2 aromatic rings. The Hall–Kier alpha value is -2.33. The average Bonchev–Trinajstić information content (AvgIpc) is 2.76. The lowest BCUT2D eigenvalue weighted by molar-refractivity contribution is 0.0417. The van der Waals surface area contributed by atoms with Gasteiger partial charge in [-0.15, -0.1) is 0 Å². The first-order valence-corrected chi connectivity index (χ1v) is 12.2. The molecular weight excluding hydrogens is 454 g/mol. The summed E-state index contributed by atoms with van der Waals surface area (Å²) in [5, 5.41) is 13.2. The quantitative estimate of drug-likeness (QED) is 0.561. The molecule has 10 heteroatoms. The van der Waals surface area contributed by atoms with Gasteiger partial charge in [0.05, 0.1) is 28.8 Å². The highest BCUT2D eigenvalue weighted by atomic mass is 35.5. The van der Waals surface area contributed by atoms with Crippen molar-refractivity contribution < 1.29 is 23.1 Å². The van der Waals surface area contributed by atoms with Gasteiger partial charge in [0.2, 0.25) is 0 Å². The Labute approximate surface area is 193 Å². The number of rotatable bonds is 7. The van der Waals surface area contributed by atoms with Gasteiger partial charge in [-0.25, -0.2) is 8.42 Å². The van der Waals surface area contributed by atoms with E-state index in [4.69, 9.17) is 16.3 Å². The molecule has 1 heterocycles. The number of para-hydroxylation sites is 1. The van der Waals surface area contributed by atoms with E-state index >= 15 is 0 Å². The molecule has 3 N–H and O–H groups in total. The minimum absolute atomic E-state index is 0.0346. The summed E-state index contributed by atoms with van der Waals surface area (Å²) in [4.78, 5) is 15.0. The summed E-state index contributed by atoms with van der Waals surface area (Å²) in [6.07, 6.45) is -0.332. The third-order valence-corrected chi connectivity index (χ3v) is 7.10. The van der Waals surface area contributed by atoms with E-state index in [1.54, 1.807) is 37.1 Å². The molecule has 0 radical (unpaired) electrons. The summed E-state index contributed by atoms with van der Waals surface area (Å²) < 4.78 is 34.7. The number of hydrogen-bond donors (Lipinski definition) is 3. The van der Waals surface area contributed by atoms with Gasteiger partial charge in [0.25, 0.3) is 15.9 Å². The number of carbonyl (C=O) groups excluding carboxylic acids is 1. The van der Waals surface area contributed by atoms with Crippen LogP contribution in [0, 0.1) is 5.92 Å². The number of ether oxygens (including phenoxy) is 1. The van der Waals surface area contributed by atoms with Crippen LogP contribution in [-0.4, -0.2) is 63.2 Å². The van der Waals surface area contributed by atoms with Gasteiger partial charge in [0.1, 0.15) is 6.10 Å². The van der Waals surface area contributed by atoms with Crippen molar-refractivity contribution in [1.29, 1.82) is 0 Å². The maximum absolute atomic E-state index is 13.4. The highest BCUT2D eigenvalue weighted by Gasteiger charge is 2.34. The number of anilines is 1. The van der Waals surface area contributed by atoms with Crippen molar-refractivity contribution in [1.82, 2.24) is 10.2 Å². The van der Waals surface area contributed by atoms with Crippen LogP contribution in [0.1, 0.15) is 24.2 Å². The topological polar surface area (TPSA) is 108 Å². The second kappa shape index (κ2) is 10.1. The predicted molar refractivity (Wildman–Crippen MR) is 124 cm³/mol. The molecule has 0 unspecified atom stereocenters. The zero-order chi connectivity index (χ0) is 23.5. The molecule has 3 rings (SSSR count). The van der Waals surface area contributed by atoms with Crippen molar-refractivity contribution in [3.63, 3.8) is 0 Å². The van der Waals surface area contributed by atoms with Crippen molar-refractivity contribution in [2.45, 2.75) is 30.9 Å². The third-order valence-electron chi connectivity index (χ3n) is 5.46. The normalized spacial score (nSPS) is 20.0. The van der Waals surface area contributed by atoms with Gasteiger partial charge in [-0.3, -0.25) is 9.52 Å². The monoisotopic (exact) mass is 481 g/mol. The number of nitrogens with one attached hydrogen (secondary N) is 2. The summed E-state index contributed by atoms with van der Waals surface area (Å²) in [6.45, 7) is 4.43. The van der Waals surface area contributed by atoms with Gasteiger partial charge >= 0.3 is 0 Å². The SMILES string of the molecule is CNC[C@H]1Oc2c(NS(=O)(=O)c3ccc(Cl)cc3)cccc2C(=O)N([C@H](C)CO)C[C@H]1C. The van der Waals surface area contributed by atoms with Crippen LogP contribution in [0.3, 0.4) is 0 Å². The standard InChI is InChI=1S/C22H28ClN3O5S/c1-14-12-26(15(2)13-27)22(28)18-5-4-6-19(21(18)31-20(14)11-24-3)25-32(29,30)17-9-7-16(23)8-10-17/h4-10,14-15,20,24-25,27H,11-13H2,1-3H3/t14-,15-,20-/m1/s1. The number of aliphatic hydroxyl groups is 1. The van der Waals surface area contributed by atoms with E-state index in [1.807, 2.05) is 6.92 Å². The zero-order valence-electron chi connectivity index (χ0n) is 18.2. The number of likely N-dealkylation sites (N-methyl/N-ethyl adjacent to an activating group) is 1. The molecule has 1 amide bonds. The lowest BCUT2D eigenvalue weighted by Crippen LogP contribution is -2.49. The number of benzene rings is 2. The summed E-state index contributed by atoms with van der Waals surface area (Å²) in [6, 6.07) is 10.1. The number of sulfonamides is 1. The number of amides is 1. The van der Waals surface area contributed by atoms with Gasteiger partial charge in [-0.1, -0.05) is 24.6 Å². The number of carbonyl (C=O) groups is 1. The second-order valence-corrected chi connectivity index (χ2v) is 10.0. The minimum atomic E-state index is -3.95. The predicted octanol–water partition coefficient (Wildman–Crippen LogP) is 2.58. The highest BCUT2D eigenvalue weighted by molar-refractivity contribution is 7.92. The molecule has 0 fully saturated rings. The second-order valence-electron chi connectivity index (χ2n) is 7.92. The fourth-order valence-corrected chi connectivity index (χ4v) is 4.77. The fourth-order valence-electron chi connectivity index (χ4n) is 3.59. The van der Waals surface area contributed by atoms with E-state index < -0.39 is 16.1 Å². The molecule has 0 saturated heterocycles. The van der Waals surface area contributed by atoms with Gasteiger partial charge < -0.3 is 20.1 Å². The molecule has 0 saturated carbocycles. The Balaban J connectivity index is 2.08. The summed E-state index contributed by atoms with van der Waals surface area (Å²) >= 11 is 5.88. The molecule has 0 spiro atoms. The van der Waals surface area contributed by atoms with Crippen LogP contribution in [0.4, 0.5) is 5.69 Å². The first kappa shape index (κ1) is 24.3. The summed E-state index contributed by atoms with van der Waals surface area (Å²) in [7, 11) is -2.15. The maximum atomic E-state index is 13.4. The van der Waals surface area contributed by atoms with Crippen LogP contribution in [0.25, 0.3) is 0 Å². The zero-order valence-corrected chi connectivity index (χ0v) is 19.8. The van der Waals surface area contributed by atoms with E-state index in [2.05, 4.69) is 10.0 Å². The summed E-state index contributed by atoms with van der Waals surface area (Å²) in [5.41, 5.74) is 0.396. The Morgan fingerprint density at radius 3 is 2.56 bits per heavy atom. The van der Waals surface area contributed by atoms with Crippen molar-refractivity contribution in [2.75, 3.05) is 31.5 Å². The molecule has 1 aliphatic rings. The smallest absolute Gasteiger partial charge is 0.262 e. The van der Waals surface area contributed by atoms with E-state index in [0.717, 1.165) is 0 Å². The van der Waals surface area contributed by atoms with Crippen LogP contribution < -0.4 is 14.8 Å². The van der Waals surface area contributed by atoms with Gasteiger partial charge in [-0.2, -0.15) is 0 Å². The first-order valence-electron chi connectivity index (χ1n) is 10.3. The molecule has 32 heavy (non-hydrogen) atoms. The van der Waals surface area contributed by atoms with E-state index in [0.29, 0.717) is 18.1 Å². The molecule has 0 bridgehead atoms. The fraction of sp³-hybridized carbons (Fsp3) is 0.409. The highest BCUT2D eigenvalue weighted by Crippen LogP contribution is 2.35. The van der Waals surface area contributed by atoms with Crippen LogP contribution >= 0.6 is 11.6 Å². The Morgan fingerprint density at radius 1 is 1.25 bits per heavy atom. The summed E-state index contributed by atoms with van der Waals surface area (Å²) in [5.74, 6) is -0.240. The molecule has 174 valence electrons. The van der Waals surface area contributed by atoms with Crippen molar-refractivity contribution in [3.05, 3.63) is 53.1 Å². The van der Waals surface area contributed by atoms with Gasteiger partial charge in [-0.05, 0) is 50.4 Å². The van der Waals surface area contributed by atoms with E-state index in [-0.39, 0.29) is 46.4 Å². The molecule has 2 aromatic carbocycles. The lowest BCUT2D eigenvalue weighted by Gasteiger charge is -2.37. The molecular formula is C22H28ClN3O5S. The van der Waals surface area contributed by atoms with Crippen molar-refractivity contribution >= 4 is 33.2 Å². The number of nitrogens with zero attached hydrogens (tertiary/aromatic N) is 1. The largest absolute Gasteiger partial charge is 0.486 e. The number of fused-ring (bicyclic) bond motifs is 1. The van der Waals surface area contributed by atoms with E-state index in [9.17, 15) is 18.3 Å². The number of halogens is 1. The van der Waals surface area contributed by atoms with Crippen LogP contribution in [-0.2, 0) is 10.0 Å². The number of hydrogen-bond acceptors (Lipinski definition) is 6. The molecule has 8 nitrogen and oxygen atoms in total. The lowest BCUT2D eigenvalue weighted by atomic mass is 9.99. The van der Waals surface area contributed by atoms with Crippen molar-refractivity contribution in [2.24, 2.45) is 5.92 Å². The minimum Gasteiger partial charge on any atom is -0.486 e. The first-order chi connectivity index (χ1) is 15.2. The van der Waals surface area contributed by atoms with Crippen molar-refractivity contribution in [3.8, 4) is 5.75 Å². The molecule has 3 atom stereocenters. The third kappa shape index (κ3) is 5.17. The molecule has 0 aliphatic carbocycles. The van der Waals surface area contributed by atoms with Gasteiger partial charge in [0, 0.05) is 24.0 Å². The molecule has 1 aliphatic heterocycles. The number of aliphatic hydroxyl groups excluding tert-OH is 1. The average molecular weight is 482 g/mol.